The summed E-state index contributed by atoms with van der Waals surface area (Å²) in [5.41, 5.74) is 2.61. The van der Waals surface area contributed by atoms with Crippen molar-refractivity contribution in [2.45, 2.75) is 32.9 Å². The fraction of sp³-hybridized carbons (Fsp3) is 0.440. The Kier molecular flexibility index (Phi) is 8.09. The molecule has 0 saturated heterocycles. The van der Waals surface area contributed by atoms with E-state index in [0.29, 0.717) is 48.2 Å². The summed E-state index contributed by atoms with van der Waals surface area (Å²) in [6.45, 7) is 4.73. The fourth-order valence-electron chi connectivity index (χ4n) is 3.93. The maximum Gasteiger partial charge on any atom is 0.318 e. The standard InChI is InChI=1S/C25H33N3O6/c1-15(2)23(24(29)26-19-8-7-18(31-3)13-20(19)32-4)27-25(30)28-10-9-16-11-21(33-5)22(34-6)12-17(16)14-28/h7-8,11-13,15,23H,9-10,14H2,1-6H3,(H,26,29)(H,27,30)/t23-/m0/s1. The second-order valence-electron chi connectivity index (χ2n) is 8.37. The number of carbonyl (C=O) groups is 2. The lowest BCUT2D eigenvalue weighted by Crippen LogP contribution is -2.52. The van der Waals surface area contributed by atoms with Crippen molar-refractivity contribution in [1.29, 1.82) is 0 Å². The lowest BCUT2D eigenvalue weighted by Gasteiger charge is -2.32. The molecule has 9 heteroatoms. The number of hydrogen-bond acceptors (Lipinski definition) is 6. The summed E-state index contributed by atoms with van der Waals surface area (Å²) < 4.78 is 21.4. The van der Waals surface area contributed by atoms with Crippen LogP contribution in [0.2, 0.25) is 0 Å². The van der Waals surface area contributed by atoms with Crippen LogP contribution in [0.4, 0.5) is 10.5 Å². The first kappa shape index (κ1) is 25.0. The maximum absolute atomic E-state index is 13.1. The van der Waals surface area contributed by atoms with Crippen LogP contribution in [0.25, 0.3) is 0 Å². The van der Waals surface area contributed by atoms with Crippen LogP contribution >= 0.6 is 0 Å². The van der Waals surface area contributed by atoms with Crippen molar-refractivity contribution in [1.82, 2.24) is 10.2 Å². The Balaban J connectivity index is 1.71. The van der Waals surface area contributed by atoms with Gasteiger partial charge in [0.1, 0.15) is 17.5 Å². The van der Waals surface area contributed by atoms with Crippen LogP contribution in [0.1, 0.15) is 25.0 Å². The van der Waals surface area contributed by atoms with Gasteiger partial charge in [0.25, 0.3) is 0 Å². The predicted octanol–water partition coefficient (Wildman–Crippen LogP) is 3.45. The Labute approximate surface area is 200 Å². The molecule has 3 rings (SSSR count). The molecule has 1 atom stereocenters. The average Bonchev–Trinajstić information content (AvgIpc) is 2.85. The van der Waals surface area contributed by atoms with Gasteiger partial charge in [-0.25, -0.2) is 4.79 Å². The maximum atomic E-state index is 13.1. The van der Waals surface area contributed by atoms with Crippen LogP contribution < -0.4 is 29.6 Å². The van der Waals surface area contributed by atoms with Gasteiger partial charge in [0.15, 0.2) is 11.5 Å². The van der Waals surface area contributed by atoms with Crippen LogP contribution in [-0.4, -0.2) is 57.9 Å². The summed E-state index contributed by atoms with van der Waals surface area (Å²) in [7, 11) is 6.26. The van der Waals surface area contributed by atoms with E-state index in [1.54, 1.807) is 44.4 Å². The normalized spacial score (nSPS) is 13.6. The molecule has 3 amide bonds. The Bertz CT molecular complexity index is 1040. The SMILES string of the molecule is COc1ccc(NC(=O)[C@@H](NC(=O)N2CCc3cc(OC)c(OC)cc3C2)C(C)C)c(OC)c1. The molecule has 0 saturated carbocycles. The molecule has 0 aliphatic carbocycles. The molecule has 184 valence electrons. The first-order valence-corrected chi connectivity index (χ1v) is 11.1. The third kappa shape index (κ3) is 5.47. The largest absolute Gasteiger partial charge is 0.497 e. The van der Waals surface area contributed by atoms with Gasteiger partial charge >= 0.3 is 6.03 Å². The number of anilines is 1. The number of nitrogens with one attached hydrogen (secondary N) is 2. The van der Waals surface area contributed by atoms with Crippen LogP contribution in [0.5, 0.6) is 23.0 Å². The van der Waals surface area contributed by atoms with E-state index < -0.39 is 6.04 Å². The molecular formula is C25H33N3O6. The van der Waals surface area contributed by atoms with Crippen molar-refractivity contribution in [2.24, 2.45) is 5.92 Å². The molecule has 0 aromatic heterocycles. The van der Waals surface area contributed by atoms with Crippen molar-refractivity contribution in [3.05, 3.63) is 41.5 Å². The second-order valence-corrected chi connectivity index (χ2v) is 8.37. The number of carbonyl (C=O) groups excluding carboxylic acids is 2. The highest BCUT2D eigenvalue weighted by atomic mass is 16.5. The van der Waals surface area contributed by atoms with Gasteiger partial charge in [-0.2, -0.15) is 0 Å². The lowest BCUT2D eigenvalue weighted by atomic mass is 9.99. The minimum Gasteiger partial charge on any atom is -0.497 e. The van der Waals surface area contributed by atoms with E-state index in [9.17, 15) is 9.59 Å². The van der Waals surface area contributed by atoms with Crippen molar-refractivity contribution < 1.29 is 28.5 Å². The summed E-state index contributed by atoms with van der Waals surface area (Å²) in [5, 5.41) is 5.76. The number of ether oxygens (including phenoxy) is 4. The topological polar surface area (TPSA) is 98.4 Å². The zero-order valence-corrected chi connectivity index (χ0v) is 20.6. The highest BCUT2D eigenvalue weighted by Gasteiger charge is 2.29. The zero-order valence-electron chi connectivity index (χ0n) is 20.6. The molecule has 2 aromatic carbocycles. The molecule has 1 heterocycles. The third-order valence-electron chi connectivity index (χ3n) is 5.90. The fourth-order valence-corrected chi connectivity index (χ4v) is 3.93. The van der Waals surface area contributed by atoms with E-state index in [1.807, 2.05) is 26.0 Å². The van der Waals surface area contributed by atoms with E-state index in [4.69, 9.17) is 18.9 Å². The Morgan fingerprint density at radius 1 is 0.882 bits per heavy atom. The number of urea groups is 1. The Morgan fingerprint density at radius 2 is 1.53 bits per heavy atom. The van der Waals surface area contributed by atoms with Gasteiger partial charge in [0.2, 0.25) is 5.91 Å². The van der Waals surface area contributed by atoms with Crippen molar-refractivity contribution >= 4 is 17.6 Å². The van der Waals surface area contributed by atoms with Crippen molar-refractivity contribution in [2.75, 3.05) is 40.3 Å². The van der Waals surface area contributed by atoms with Gasteiger partial charge in [-0.3, -0.25) is 4.79 Å². The smallest absolute Gasteiger partial charge is 0.318 e. The number of amides is 3. The molecular weight excluding hydrogens is 438 g/mol. The van der Waals surface area contributed by atoms with Gasteiger partial charge in [0.05, 0.1) is 34.1 Å². The number of fused-ring (bicyclic) bond motifs is 1. The third-order valence-corrected chi connectivity index (χ3v) is 5.90. The first-order chi connectivity index (χ1) is 16.3. The highest BCUT2D eigenvalue weighted by Crippen LogP contribution is 2.33. The Hall–Kier alpha value is -3.62. The average molecular weight is 472 g/mol. The molecule has 0 bridgehead atoms. The molecule has 0 unspecified atom stereocenters. The van der Waals surface area contributed by atoms with E-state index in [-0.39, 0.29) is 17.9 Å². The zero-order chi connectivity index (χ0) is 24.8. The number of hydrogen-bond donors (Lipinski definition) is 2. The predicted molar refractivity (Wildman–Crippen MR) is 129 cm³/mol. The molecule has 34 heavy (non-hydrogen) atoms. The van der Waals surface area contributed by atoms with Gasteiger partial charge in [-0.05, 0) is 47.7 Å². The highest BCUT2D eigenvalue weighted by molar-refractivity contribution is 5.98. The van der Waals surface area contributed by atoms with Crippen LogP contribution in [0, 0.1) is 5.92 Å². The summed E-state index contributed by atoms with van der Waals surface area (Å²) in [6, 6.07) is 7.95. The van der Waals surface area contributed by atoms with Crippen LogP contribution in [0.3, 0.4) is 0 Å². The summed E-state index contributed by atoms with van der Waals surface area (Å²) >= 11 is 0. The first-order valence-electron chi connectivity index (χ1n) is 11.1. The molecule has 1 aliphatic rings. The minimum atomic E-state index is -0.730. The number of nitrogens with zero attached hydrogens (tertiary/aromatic N) is 1. The van der Waals surface area contributed by atoms with Crippen molar-refractivity contribution in [3.8, 4) is 23.0 Å². The van der Waals surface area contributed by atoms with Gasteiger partial charge in [-0.15, -0.1) is 0 Å². The lowest BCUT2D eigenvalue weighted by molar-refractivity contribution is -0.118. The second kappa shape index (κ2) is 11.0. The molecule has 1 aliphatic heterocycles. The molecule has 2 aromatic rings. The summed E-state index contributed by atoms with van der Waals surface area (Å²) in [4.78, 5) is 27.9. The number of methoxy groups -OCH3 is 4. The molecule has 2 N–H and O–H groups in total. The van der Waals surface area contributed by atoms with Crippen molar-refractivity contribution in [3.63, 3.8) is 0 Å². The summed E-state index contributed by atoms with van der Waals surface area (Å²) in [6.07, 6.45) is 0.685. The number of benzene rings is 2. The number of rotatable bonds is 8. The molecule has 9 nitrogen and oxygen atoms in total. The van der Waals surface area contributed by atoms with E-state index in [1.165, 1.54) is 7.11 Å². The molecule has 0 radical (unpaired) electrons. The Morgan fingerprint density at radius 3 is 2.12 bits per heavy atom. The quantitative estimate of drug-likeness (QED) is 0.612. The van der Waals surface area contributed by atoms with Gasteiger partial charge in [-0.1, -0.05) is 13.8 Å². The van der Waals surface area contributed by atoms with E-state index >= 15 is 0 Å². The monoisotopic (exact) mass is 471 g/mol. The van der Waals surface area contributed by atoms with Crippen LogP contribution in [0.15, 0.2) is 30.3 Å². The van der Waals surface area contributed by atoms with Gasteiger partial charge < -0.3 is 34.5 Å². The van der Waals surface area contributed by atoms with Gasteiger partial charge in [0, 0.05) is 19.2 Å². The van der Waals surface area contributed by atoms with E-state index in [2.05, 4.69) is 10.6 Å². The van der Waals surface area contributed by atoms with Crippen LogP contribution in [-0.2, 0) is 17.8 Å². The molecule has 0 spiro atoms. The summed E-state index contributed by atoms with van der Waals surface area (Å²) in [5.74, 6) is 1.92. The van der Waals surface area contributed by atoms with E-state index in [0.717, 1.165) is 11.1 Å². The minimum absolute atomic E-state index is 0.130. The molecule has 0 fully saturated rings.